The maximum Gasteiger partial charge on any atom is 0.274 e. The van der Waals surface area contributed by atoms with Crippen molar-refractivity contribution < 1.29 is 4.92 Å². The van der Waals surface area contributed by atoms with Gasteiger partial charge >= 0.3 is 0 Å². The van der Waals surface area contributed by atoms with Crippen LogP contribution in [-0.2, 0) is 0 Å². The summed E-state index contributed by atoms with van der Waals surface area (Å²) in [4.78, 5) is 14.0. The van der Waals surface area contributed by atoms with Gasteiger partial charge in [-0.2, -0.15) is 0 Å². The molecule has 0 bridgehead atoms. The van der Waals surface area contributed by atoms with Gasteiger partial charge in [0.05, 0.1) is 16.7 Å². The molecule has 1 atom stereocenters. The Morgan fingerprint density at radius 3 is 2.88 bits per heavy atom. The van der Waals surface area contributed by atoms with Crippen molar-refractivity contribution in [1.82, 2.24) is 15.6 Å². The molecule has 0 aliphatic rings. The number of rotatable bonds is 5. The first-order valence-electron chi connectivity index (χ1n) is 4.84. The summed E-state index contributed by atoms with van der Waals surface area (Å²) in [5.74, 6) is 0.350. The zero-order chi connectivity index (χ0) is 12.0. The normalized spacial score (nSPS) is 13.0. The molecule has 1 rings (SSSR count). The van der Waals surface area contributed by atoms with Gasteiger partial charge in [0.1, 0.15) is 0 Å². The van der Waals surface area contributed by atoms with Crippen LogP contribution < -0.4 is 10.6 Å². The van der Waals surface area contributed by atoms with Crippen LogP contribution in [0.25, 0.3) is 0 Å². The minimum atomic E-state index is -0.510. The summed E-state index contributed by atoms with van der Waals surface area (Å²) in [6.45, 7) is 1.88. The summed E-state index contributed by atoms with van der Waals surface area (Å²) in [7, 11) is 1.62. The molecule has 1 aromatic rings. The predicted molar refractivity (Wildman–Crippen MR) is 59.9 cm³/mol. The predicted octanol–water partition coefficient (Wildman–Crippen LogP) is 1.03. The summed E-state index contributed by atoms with van der Waals surface area (Å²) in [5.41, 5.74) is 0.826. The first kappa shape index (κ1) is 12.0. The minimum Gasteiger partial charge on any atom is -0.370 e. The zero-order valence-electron chi connectivity index (χ0n) is 9.18. The second-order valence-electron chi connectivity index (χ2n) is 3.20. The highest BCUT2D eigenvalue weighted by Crippen LogP contribution is 2.08. The van der Waals surface area contributed by atoms with Gasteiger partial charge in [-0.25, -0.2) is 0 Å². The van der Waals surface area contributed by atoms with Gasteiger partial charge in [-0.15, -0.1) is 0 Å². The number of pyridine rings is 1. The molecule has 0 amide bonds. The van der Waals surface area contributed by atoms with Crippen LogP contribution in [0.3, 0.4) is 0 Å². The summed E-state index contributed by atoms with van der Waals surface area (Å²) < 4.78 is 0. The Labute approximate surface area is 93.5 Å². The molecule has 1 heterocycles. The Bertz CT molecular complexity index is 378. The van der Waals surface area contributed by atoms with E-state index in [1.807, 2.05) is 25.1 Å². The molecule has 6 nitrogen and oxygen atoms in total. The average molecular weight is 222 g/mol. The Morgan fingerprint density at radius 2 is 2.38 bits per heavy atom. The molecule has 0 saturated heterocycles. The lowest BCUT2D eigenvalue weighted by Crippen LogP contribution is -2.27. The van der Waals surface area contributed by atoms with Crippen LogP contribution in [0.1, 0.15) is 18.7 Å². The Hall–Kier alpha value is -2.11. The molecule has 86 valence electrons. The molecule has 0 fully saturated rings. The van der Waals surface area contributed by atoms with Gasteiger partial charge < -0.3 is 10.6 Å². The van der Waals surface area contributed by atoms with Gasteiger partial charge in [0, 0.05) is 13.2 Å². The number of nitro groups is 1. The van der Waals surface area contributed by atoms with Crippen molar-refractivity contribution in [2.75, 3.05) is 7.05 Å². The van der Waals surface area contributed by atoms with E-state index in [9.17, 15) is 10.1 Å². The van der Waals surface area contributed by atoms with Crippen molar-refractivity contribution in [3.8, 4) is 0 Å². The Balaban J connectivity index is 2.70. The molecule has 6 heteroatoms. The van der Waals surface area contributed by atoms with Crippen molar-refractivity contribution >= 4 is 0 Å². The van der Waals surface area contributed by atoms with E-state index in [0.717, 1.165) is 11.9 Å². The third-order valence-electron chi connectivity index (χ3n) is 2.01. The molecule has 0 saturated carbocycles. The van der Waals surface area contributed by atoms with Crippen molar-refractivity contribution in [3.63, 3.8) is 0 Å². The fourth-order valence-electron chi connectivity index (χ4n) is 1.22. The first-order valence-corrected chi connectivity index (χ1v) is 4.84. The van der Waals surface area contributed by atoms with E-state index in [-0.39, 0.29) is 6.04 Å². The second-order valence-corrected chi connectivity index (χ2v) is 3.20. The molecule has 0 radical (unpaired) electrons. The highest BCUT2D eigenvalue weighted by Gasteiger charge is 2.08. The number of nitrogens with zero attached hydrogens (tertiary/aromatic N) is 2. The molecular formula is C10H14N4O2. The van der Waals surface area contributed by atoms with Gasteiger partial charge in [-0.05, 0) is 19.1 Å². The Morgan fingerprint density at radius 1 is 1.62 bits per heavy atom. The average Bonchev–Trinajstić information content (AvgIpc) is 2.28. The summed E-state index contributed by atoms with van der Waals surface area (Å²) in [5, 5.41) is 16.0. The third kappa shape index (κ3) is 3.56. The molecule has 1 aromatic heterocycles. The van der Waals surface area contributed by atoms with Crippen LogP contribution in [0, 0.1) is 10.1 Å². The maximum atomic E-state index is 10.3. The monoisotopic (exact) mass is 222 g/mol. The van der Waals surface area contributed by atoms with Crippen LogP contribution in [-0.4, -0.2) is 17.0 Å². The van der Waals surface area contributed by atoms with Crippen LogP contribution in [0.15, 0.2) is 36.4 Å². The van der Waals surface area contributed by atoms with Crippen LogP contribution in [0.5, 0.6) is 0 Å². The highest BCUT2D eigenvalue weighted by atomic mass is 16.6. The SMILES string of the molecule is CN/C(=C\[N+](=O)[O-])NC(C)c1ccccn1. The van der Waals surface area contributed by atoms with Crippen molar-refractivity contribution in [2.24, 2.45) is 0 Å². The summed E-state index contributed by atoms with van der Waals surface area (Å²) in [6, 6.07) is 5.45. The van der Waals surface area contributed by atoms with Gasteiger partial charge in [-0.3, -0.25) is 15.1 Å². The number of hydrogen-bond acceptors (Lipinski definition) is 5. The lowest BCUT2D eigenvalue weighted by atomic mass is 10.2. The van der Waals surface area contributed by atoms with Gasteiger partial charge in [0.25, 0.3) is 6.20 Å². The smallest absolute Gasteiger partial charge is 0.274 e. The van der Waals surface area contributed by atoms with E-state index in [2.05, 4.69) is 15.6 Å². The molecule has 0 spiro atoms. The lowest BCUT2D eigenvalue weighted by molar-refractivity contribution is -0.404. The summed E-state index contributed by atoms with van der Waals surface area (Å²) >= 11 is 0. The largest absolute Gasteiger partial charge is 0.370 e. The van der Waals surface area contributed by atoms with Crippen molar-refractivity contribution in [1.29, 1.82) is 0 Å². The van der Waals surface area contributed by atoms with Gasteiger partial charge in [-0.1, -0.05) is 6.07 Å². The van der Waals surface area contributed by atoms with E-state index in [4.69, 9.17) is 0 Å². The topological polar surface area (TPSA) is 80.1 Å². The number of nitrogens with one attached hydrogen (secondary N) is 2. The zero-order valence-corrected chi connectivity index (χ0v) is 9.18. The molecular weight excluding hydrogens is 208 g/mol. The van der Waals surface area contributed by atoms with Crippen LogP contribution in [0.2, 0.25) is 0 Å². The van der Waals surface area contributed by atoms with Crippen molar-refractivity contribution in [3.05, 3.63) is 52.2 Å². The minimum absolute atomic E-state index is 0.0974. The van der Waals surface area contributed by atoms with E-state index >= 15 is 0 Å². The van der Waals surface area contributed by atoms with E-state index in [0.29, 0.717) is 5.82 Å². The Kier molecular flexibility index (Phi) is 4.26. The maximum absolute atomic E-state index is 10.3. The third-order valence-corrected chi connectivity index (χ3v) is 2.01. The fourth-order valence-corrected chi connectivity index (χ4v) is 1.22. The highest BCUT2D eigenvalue weighted by molar-refractivity contribution is 5.09. The molecule has 16 heavy (non-hydrogen) atoms. The summed E-state index contributed by atoms with van der Waals surface area (Å²) in [6.07, 6.45) is 2.57. The van der Waals surface area contributed by atoms with Crippen LogP contribution >= 0.6 is 0 Å². The van der Waals surface area contributed by atoms with Crippen molar-refractivity contribution in [2.45, 2.75) is 13.0 Å². The van der Waals surface area contributed by atoms with E-state index in [1.165, 1.54) is 0 Å². The van der Waals surface area contributed by atoms with Crippen LogP contribution in [0.4, 0.5) is 0 Å². The first-order chi connectivity index (χ1) is 7.63. The molecule has 1 unspecified atom stereocenters. The van der Waals surface area contributed by atoms with Gasteiger partial charge in [0.2, 0.25) is 0 Å². The number of aromatic nitrogens is 1. The molecule has 0 aromatic carbocycles. The lowest BCUT2D eigenvalue weighted by Gasteiger charge is -2.15. The molecule has 2 N–H and O–H groups in total. The number of hydrogen-bond donors (Lipinski definition) is 2. The molecule has 0 aliphatic carbocycles. The van der Waals surface area contributed by atoms with E-state index in [1.54, 1.807) is 13.2 Å². The van der Waals surface area contributed by atoms with Gasteiger partial charge in [0.15, 0.2) is 5.82 Å². The second kappa shape index (κ2) is 5.69. The standard InChI is InChI=1S/C10H14N4O2/c1-8(9-5-3-4-6-12-9)13-10(11-2)7-14(15)16/h3-8,11,13H,1-2H3/b10-7+. The fraction of sp³-hybridized carbons (Fsp3) is 0.300. The van der Waals surface area contributed by atoms with E-state index < -0.39 is 4.92 Å². The molecule has 0 aliphatic heterocycles. The quantitative estimate of drug-likeness (QED) is 0.574.